The smallest absolute Gasteiger partial charge is 0.309 e. The van der Waals surface area contributed by atoms with Crippen molar-refractivity contribution in [3.05, 3.63) is 41.2 Å². The minimum Gasteiger partial charge on any atom is -0.481 e. The van der Waals surface area contributed by atoms with E-state index in [4.69, 9.17) is 4.74 Å². The van der Waals surface area contributed by atoms with E-state index < -0.39 is 28.9 Å². The topological polar surface area (TPSA) is 137 Å². The number of carboxylic acids is 1. The Morgan fingerprint density at radius 3 is 2.21 bits per heavy atom. The number of nitrogens with zero attached hydrogens (tertiary/aromatic N) is 3. The molecule has 1 heterocycles. The fourth-order valence-electron chi connectivity index (χ4n) is 13.6. The lowest BCUT2D eigenvalue weighted by Gasteiger charge is -2.72. The Balaban J connectivity index is 1.30. The van der Waals surface area contributed by atoms with Crippen molar-refractivity contribution >= 4 is 23.6 Å². The summed E-state index contributed by atoms with van der Waals surface area (Å²) in [5.74, 6) is -0.291. The first-order valence-corrected chi connectivity index (χ1v) is 21.6. The number of rotatable bonds is 12. The highest BCUT2D eigenvalue weighted by molar-refractivity contribution is 6.00. The number of likely N-dealkylation sites (N-methyl/N-ethyl adjacent to an activating group) is 1. The first-order valence-electron chi connectivity index (χ1n) is 21.6. The van der Waals surface area contributed by atoms with Crippen LogP contribution in [0, 0.1) is 56.2 Å². The van der Waals surface area contributed by atoms with Gasteiger partial charge in [0, 0.05) is 56.8 Å². The van der Waals surface area contributed by atoms with E-state index in [0.717, 1.165) is 62.5 Å². The maximum atomic E-state index is 14.3. The molecule has 316 valence electrons. The molecule has 0 radical (unpaired) electrons. The molecule has 0 bridgehead atoms. The maximum absolute atomic E-state index is 14.3. The molecule has 10 heteroatoms. The third-order valence-electron chi connectivity index (χ3n) is 16.9. The summed E-state index contributed by atoms with van der Waals surface area (Å²) in [4.78, 5) is 60.1. The third-order valence-corrected chi connectivity index (χ3v) is 16.9. The van der Waals surface area contributed by atoms with E-state index in [1.54, 1.807) is 45.2 Å². The Hall–Kier alpha value is -3.11. The Morgan fingerprint density at radius 1 is 0.930 bits per heavy atom. The van der Waals surface area contributed by atoms with E-state index in [9.17, 15) is 29.4 Å². The zero-order valence-electron chi connectivity index (χ0n) is 36.7. The van der Waals surface area contributed by atoms with Crippen molar-refractivity contribution in [1.82, 2.24) is 14.8 Å². The highest BCUT2D eigenvalue weighted by Gasteiger charge is 2.71. The van der Waals surface area contributed by atoms with Crippen molar-refractivity contribution in [3.8, 4) is 0 Å². The van der Waals surface area contributed by atoms with E-state index in [1.807, 2.05) is 17.0 Å². The number of hydrogen-bond donors (Lipinski definition) is 2. The van der Waals surface area contributed by atoms with Crippen molar-refractivity contribution in [3.63, 3.8) is 0 Å². The van der Waals surface area contributed by atoms with Crippen LogP contribution in [0.25, 0.3) is 0 Å². The number of esters is 1. The van der Waals surface area contributed by atoms with Crippen LogP contribution in [0.1, 0.15) is 132 Å². The lowest BCUT2D eigenvalue weighted by atomic mass is 9.33. The Morgan fingerprint density at radius 2 is 1.60 bits per heavy atom. The van der Waals surface area contributed by atoms with Gasteiger partial charge in [-0.3, -0.25) is 29.1 Å². The number of aromatic nitrogens is 1. The molecule has 5 aliphatic carbocycles. The number of pyridine rings is 1. The average molecular weight is 790 g/mol. The number of carbonyl (C=O) groups is 4. The van der Waals surface area contributed by atoms with Crippen LogP contribution in [0.3, 0.4) is 0 Å². The second kappa shape index (κ2) is 15.2. The Kier molecular flexibility index (Phi) is 11.6. The van der Waals surface area contributed by atoms with Gasteiger partial charge in [0.05, 0.1) is 24.5 Å². The molecule has 57 heavy (non-hydrogen) atoms. The van der Waals surface area contributed by atoms with Gasteiger partial charge in [-0.2, -0.15) is 0 Å². The van der Waals surface area contributed by atoms with E-state index >= 15 is 0 Å². The predicted octanol–water partition coefficient (Wildman–Crippen LogP) is 7.73. The van der Waals surface area contributed by atoms with Gasteiger partial charge in [-0.25, -0.2) is 0 Å². The van der Waals surface area contributed by atoms with Crippen LogP contribution in [-0.4, -0.2) is 88.0 Å². The molecule has 9 atom stereocenters. The standard InChI is InChI=1S/C47H71N3O7/c1-29(2)39-32(51)24-47(35(52)27-50(28-37(53)49(10)11)26-30-16-22-48-23-17-30)21-20-45(8)31(40(39)47)12-13-34-44(7)18-15-36(57-38(54)25-42(3,4)41(55)56)43(5,6)33(44)14-19-46(34,45)9/h16-17,22-23,29,31,33-36,52H,12-15,18-21,24-28H2,1-11H3,(H,55,56). The lowest BCUT2D eigenvalue weighted by molar-refractivity contribution is -0.235. The van der Waals surface area contributed by atoms with E-state index in [-0.39, 0.29) is 64.3 Å². The van der Waals surface area contributed by atoms with Gasteiger partial charge in [-0.15, -0.1) is 0 Å². The molecule has 5 aliphatic rings. The number of aliphatic carboxylic acids is 1. The zero-order valence-corrected chi connectivity index (χ0v) is 36.7. The van der Waals surface area contributed by atoms with Gasteiger partial charge < -0.3 is 19.8 Å². The lowest BCUT2D eigenvalue weighted by Crippen LogP contribution is -2.66. The van der Waals surface area contributed by atoms with Crippen LogP contribution >= 0.6 is 0 Å². The molecule has 10 nitrogen and oxygen atoms in total. The van der Waals surface area contributed by atoms with Crippen LogP contribution in [0.15, 0.2) is 35.7 Å². The van der Waals surface area contributed by atoms with Crippen molar-refractivity contribution in [1.29, 1.82) is 0 Å². The fraction of sp³-hybridized carbons (Fsp3) is 0.766. The summed E-state index contributed by atoms with van der Waals surface area (Å²) < 4.78 is 6.18. The summed E-state index contributed by atoms with van der Waals surface area (Å²) in [7, 11) is 3.51. The van der Waals surface area contributed by atoms with Crippen LogP contribution in [0.2, 0.25) is 0 Å². The minimum absolute atomic E-state index is 0.00434. The van der Waals surface area contributed by atoms with Gasteiger partial charge in [0.1, 0.15) is 6.10 Å². The Labute approximate surface area is 341 Å². The highest BCUT2D eigenvalue weighted by Crippen LogP contribution is 2.77. The first kappa shape index (κ1) is 43.5. The molecule has 9 unspecified atom stereocenters. The van der Waals surface area contributed by atoms with Gasteiger partial charge in [-0.05, 0) is 128 Å². The second-order valence-electron chi connectivity index (χ2n) is 21.4. The van der Waals surface area contributed by atoms with E-state index in [2.05, 4.69) is 53.5 Å². The first-order chi connectivity index (χ1) is 26.4. The third kappa shape index (κ3) is 7.20. The molecule has 0 aromatic carbocycles. The molecule has 4 saturated carbocycles. The number of allylic oxidation sites excluding steroid dienone is 1. The molecule has 0 aliphatic heterocycles. The van der Waals surface area contributed by atoms with Crippen molar-refractivity contribution in [2.45, 2.75) is 145 Å². The quantitative estimate of drug-likeness (QED) is 0.204. The summed E-state index contributed by atoms with van der Waals surface area (Å²) in [5.41, 5.74) is 0.991. The Bertz CT molecular complexity index is 1770. The van der Waals surface area contributed by atoms with E-state index in [0.29, 0.717) is 31.3 Å². The van der Waals surface area contributed by atoms with Gasteiger partial charge in [-0.1, -0.05) is 54.0 Å². The molecular weight excluding hydrogens is 719 g/mol. The summed E-state index contributed by atoms with van der Waals surface area (Å²) >= 11 is 0. The predicted molar refractivity (Wildman–Crippen MR) is 220 cm³/mol. The maximum Gasteiger partial charge on any atom is 0.309 e. The zero-order chi connectivity index (χ0) is 42.1. The molecule has 1 aromatic heterocycles. The number of ketones is 1. The van der Waals surface area contributed by atoms with Crippen molar-refractivity contribution < 1.29 is 34.1 Å². The molecule has 0 spiro atoms. The normalized spacial score (nSPS) is 35.2. The molecule has 2 N–H and O–H groups in total. The molecule has 0 saturated heterocycles. The molecule has 1 amide bonds. The van der Waals surface area contributed by atoms with Crippen LogP contribution in [-0.2, 0) is 30.5 Å². The monoisotopic (exact) mass is 790 g/mol. The van der Waals surface area contributed by atoms with Gasteiger partial charge >= 0.3 is 11.9 Å². The molecule has 6 rings (SSSR count). The van der Waals surface area contributed by atoms with E-state index in [1.165, 1.54) is 5.57 Å². The molecular formula is C47H71N3O7. The minimum atomic E-state index is -1.18. The number of ether oxygens (including phenoxy) is 1. The van der Waals surface area contributed by atoms with Gasteiger partial charge in [0.25, 0.3) is 0 Å². The summed E-state index contributed by atoms with van der Waals surface area (Å²) in [6.07, 6.45) is 10.0. The summed E-state index contributed by atoms with van der Waals surface area (Å²) in [6.45, 7) is 20.4. The number of aliphatic hydroxyl groups is 1. The fourth-order valence-corrected chi connectivity index (χ4v) is 13.6. The summed E-state index contributed by atoms with van der Waals surface area (Å²) in [6, 6.07) is 3.89. The van der Waals surface area contributed by atoms with Crippen molar-refractivity contribution in [2.24, 2.45) is 56.2 Å². The van der Waals surface area contributed by atoms with Gasteiger partial charge in [0.2, 0.25) is 5.91 Å². The number of fused-ring (bicyclic) bond motifs is 7. The number of Topliss-reactive ketones (excluding diaryl/α,β-unsaturated/α-hetero) is 1. The van der Waals surface area contributed by atoms with Gasteiger partial charge in [0.15, 0.2) is 5.78 Å². The highest BCUT2D eigenvalue weighted by atomic mass is 16.5. The molecule has 1 aromatic rings. The van der Waals surface area contributed by atoms with Crippen LogP contribution in [0.4, 0.5) is 0 Å². The van der Waals surface area contributed by atoms with Crippen LogP contribution < -0.4 is 0 Å². The average Bonchev–Trinajstić information content (AvgIpc) is 3.43. The molecule has 4 fully saturated rings. The number of hydrogen-bond acceptors (Lipinski definition) is 8. The number of carboxylic acid groups (broad SMARTS) is 1. The number of aliphatic hydroxyl groups excluding tert-OH is 1. The second-order valence-corrected chi connectivity index (χ2v) is 21.4. The number of carbonyl (C=O) groups excluding carboxylic acids is 3. The largest absolute Gasteiger partial charge is 0.481 e. The van der Waals surface area contributed by atoms with Crippen molar-refractivity contribution in [2.75, 3.05) is 27.2 Å². The number of amides is 1. The van der Waals surface area contributed by atoms with Crippen LogP contribution in [0.5, 0.6) is 0 Å². The SMILES string of the molecule is CC(C)C1=C2C3CCC4C5(C)CCC(OC(=O)CC(C)(C)C(=O)O)C(C)(C)C5CCC4(C)C3(C)CCC2(C(O)CN(CC(=O)N(C)C)Cc2ccncc2)CC1=O. The summed E-state index contributed by atoms with van der Waals surface area (Å²) in [5, 5.41) is 22.3.